The zero-order valence-corrected chi connectivity index (χ0v) is 19.3. The van der Waals surface area contributed by atoms with E-state index in [-0.39, 0.29) is 47.6 Å². The minimum Gasteiger partial charge on any atom is -0.486 e. The number of aliphatic imine (C=N–C) groups is 1. The van der Waals surface area contributed by atoms with Crippen LogP contribution in [0.3, 0.4) is 0 Å². The van der Waals surface area contributed by atoms with Gasteiger partial charge in [-0.3, -0.25) is 9.79 Å². The molecule has 0 aliphatic rings. The molecule has 0 aromatic heterocycles. The van der Waals surface area contributed by atoms with Crippen LogP contribution >= 0.6 is 24.0 Å². The number of nitrogens with zero attached hydrogens (tertiary/aromatic N) is 1. The van der Waals surface area contributed by atoms with Crippen molar-refractivity contribution in [2.75, 3.05) is 26.7 Å². The van der Waals surface area contributed by atoms with Crippen LogP contribution in [0.15, 0.2) is 29.3 Å². The predicted octanol–water partition coefficient (Wildman–Crippen LogP) is 3.89. The molecular weight excluding hydrogens is 476 g/mol. The lowest BCUT2D eigenvalue weighted by Gasteiger charge is -2.18. The molecular formula is C20H33FIN3O3. The van der Waals surface area contributed by atoms with E-state index in [4.69, 9.17) is 9.47 Å². The molecule has 2 N–H and O–H groups in total. The van der Waals surface area contributed by atoms with Gasteiger partial charge in [-0.15, -0.1) is 24.0 Å². The van der Waals surface area contributed by atoms with Crippen molar-refractivity contribution < 1.29 is 18.7 Å². The van der Waals surface area contributed by atoms with Gasteiger partial charge in [0.25, 0.3) is 0 Å². The lowest BCUT2D eigenvalue weighted by molar-refractivity contribution is -0.143. The van der Waals surface area contributed by atoms with E-state index in [0.717, 1.165) is 32.2 Å². The van der Waals surface area contributed by atoms with Crippen LogP contribution in [0.25, 0.3) is 0 Å². The predicted molar refractivity (Wildman–Crippen MR) is 121 cm³/mol. The van der Waals surface area contributed by atoms with Gasteiger partial charge in [0.2, 0.25) is 0 Å². The van der Waals surface area contributed by atoms with Crippen molar-refractivity contribution in [2.24, 2.45) is 4.99 Å². The van der Waals surface area contributed by atoms with E-state index in [1.807, 2.05) is 13.8 Å². The van der Waals surface area contributed by atoms with E-state index in [0.29, 0.717) is 25.5 Å². The van der Waals surface area contributed by atoms with Crippen molar-refractivity contribution in [3.05, 3.63) is 30.1 Å². The number of halogens is 2. The lowest BCUT2D eigenvalue weighted by Crippen LogP contribution is -2.42. The van der Waals surface area contributed by atoms with Crippen molar-refractivity contribution in [2.45, 2.75) is 52.1 Å². The number of para-hydroxylation sites is 1. The first-order valence-electron chi connectivity index (χ1n) is 9.58. The SMILES string of the molecule is CCOC(=O)CCCCCCNC(=NC)NCC(C)Oc1ccccc1F.I. The molecule has 1 aromatic carbocycles. The molecule has 8 heteroatoms. The van der Waals surface area contributed by atoms with Gasteiger partial charge in [-0.05, 0) is 38.8 Å². The summed E-state index contributed by atoms with van der Waals surface area (Å²) >= 11 is 0. The van der Waals surface area contributed by atoms with E-state index >= 15 is 0 Å². The van der Waals surface area contributed by atoms with Crippen LogP contribution in [0.4, 0.5) is 4.39 Å². The van der Waals surface area contributed by atoms with Crippen molar-refractivity contribution >= 4 is 35.9 Å². The highest BCUT2D eigenvalue weighted by Crippen LogP contribution is 2.16. The van der Waals surface area contributed by atoms with E-state index in [1.54, 1.807) is 25.2 Å². The third kappa shape index (κ3) is 12.0. The van der Waals surface area contributed by atoms with Crippen molar-refractivity contribution in [3.8, 4) is 5.75 Å². The van der Waals surface area contributed by atoms with Crippen molar-refractivity contribution in [1.82, 2.24) is 10.6 Å². The minimum atomic E-state index is -0.366. The summed E-state index contributed by atoms with van der Waals surface area (Å²) in [6, 6.07) is 6.36. The highest BCUT2D eigenvalue weighted by Gasteiger charge is 2.08. The fourth-order valence-electron chi connectivity index (χ4n) is 2.45. The molecule has 0 bridgehead atoms. The summed E-state index contributed by atoms with van der Waals surface area (Å²) in [6.45, 7) is 5.43. The summed E-state index contributed by atoms with van der Waals surface area (Å²) in [7, 11) is 1.71. The normalized spacial score (nSPS) is 11.9. The number of benzene rings is 1. The van der Waals surface area contributed by atoms with Crippen LogP contribution in [-0.2, 0) is 9.53 Å². The molecule has 1 atom stereocenters. The second kappa shape index (κ2) is 16.4. The molecule has 0 aliphatic carbocycles. The third-order valence-corrected chi connectivity index (χ3v) is 3.85. The highest BCUT2D eigenvalue weighted by molar-refractivity contribution is 14.0. The van der Waals surface area contributed by atoms with Crippen LogP contribution in [0.1, 0.15) is 46.0 Å². The molecule has 0 radical (unpaired) electrons. The molecule has 0 aliphatic heterocycles. The van der Waals surface area contributed by atoms with Gasteiger partial charge < -0.3 is 20.1 Å². The summed E-state index contributed by atoms with van der Waals surface area (Å²) in [6.07, 6.45) is 4.17. The van der Waals surface area contributed by atoms with Gasteiger partial charge in [0, 0.05) is 20.0 Å². The molecule has 6 nitrogen and oxygen atoms in total. The first kappa shape index (κ1) is 26.4. The summed E-state index contributed by atoms with van der Waals surface area (Å²) in [5.41, 5.74) is 0. The largest absolute Gasteiger partial charge is 0.486 e. The smallest absolute Gasteiger partial charge is 0.305 e. The number of unbranched alkanes of at least 4 members (excludes halogenated alkanes) is 3. The lowest BCUT2D eigenvalue weighted by atomic mass is 10.1. The molecule has 0 spiro atoms. The average molecular weight is 509 g/mol. The molecule has 1 aromatic rings. The van der Waals surface area contributed by atoms with Crippen LogP contribution in [-0.4, -0.2) is 44.8 Å². The minimum absolute atomic E-state index is 0. The molecule has 0 heterocycles. The Morgan fingerprint density at radius 3 is 2.57 bits per heavy atom. The number of guanidine groups is 1. The Morgan fingerprint density at radius 2 is 1.89 bits per heavy atom. The Balaban J connectivity index is 0.00000729. The van der Waals surface area contributed by atoms with Gasteiger partial charge in [-0.1, -0.05) is 25.0 Å². The summed E-state index contributed by atoms with van der Waals surface area (Å²) < 4.78 is 24.1. The van der Waals surface area contributed by atoms with Crippen molar-refractivity contribution in [3.63, 3.8) is 0 Å². The maximum atomic E-state index is 13.6. The summed E-state index contributed by atoms with van der Waals surface area (Å²) in [5.74, 6) is 0.449. The van der Waals surface area contributed by atoms with Crippen LogP contribution in [0.2, 0.25) is 0 Å². The Bertz CT molecular complexity index is 588. The van der Waals surface area contributed by atoms with Crippen molar-refractivity contribution in [1.29, 1.82) is 0 Å². The van der Waals surface area contributed by atoms with Gasteiger partial charge in [0.1, 0.15) is 6.10 Å². The van der Waals surface area contributed by atoms with Crippen LogP contribution < -0.4 is 15.4 Å². The molecule has 0 saturated heterocycles. The summed E-state index contributed by atoms with van der Waals surface area (Å²) in [5, 5.41) is 6.41. The van der Waals surface area contributed by atoms with E-state index in [1.165, 1.54) is 6.07 Å². The Morgan fingerprint density at radius 1 is 1.18 bits per heavy atom. The number of hydrogen-bond donors (Lipinski definition) is 2. The zero-order valence-electron chi connectivity index (χ0n) is 17.0. The molecule has 28 heavy (non-hydrogen) atoms. The second-order valence-electron chi connectivity index (χ2n) is 6.21. The van der Waals surface area contributed by atoms with Gasteiger partial charge in [-0.2, -0.15) is 0 Å². The quantitative estimate of drug-likeness (QED) is 0.147. The maximum Gasteiger partial charge on any atom is 0.305 e. The van der Waals surface area contributed by atoms with E-state index in [9.17, 15) is 9.18 Å². The molecule has 160 valence electrons. The fourth-order valence-corrected chi connectivity index (χ4v) is 2.45. The van der Waals surface area contributed by atoms with E-state index in [2.05, 4.69) is 15.6 Å². The van der Waals surface area contributed by atoms with Crippen LogP contribution in [0, 0.1) is 5.82 Å². The number of carbonyl (C=O) groups excluding carboxylic acids is 1. The standard InChI is InChI=1S/C20H32FN3O3.HI/c1-4-26-19(25)13-7-5-6-10-14-23-20(22-3)24-15-16(2)27-18-12-9-8-11-17(18)21;/h8-9,11-12,16H,4-7,10,13-15H2,1-3H3,(H2,22,23,24);1H. The number of carbonyl (C=O) groups is 1. The first-order chi connectivity index (χ1) is 13.1. The zero-order chi connectivity index (χ0) is 19.9. The molecule has 0 saturated carbocycles. The fraction of sp³-hybridized carbons (Fsp3) is 0.600. The highest BCUT2D eigenvalue weighted by atomic mass is 127. The number of esters is 1. The Labute approximate surface area is 184 Å². The van der Waals surface area contributed by atoms with Gasteiger partial charge in [0.15, 0.2) is 17.5 Å². The first-order valence-corrected chi connectivity index (χ1v) is 9.58. The number of nitrogens with one attached hydrogen (secondary N) is 2. The van der Waals surface area contributed by atoms with E-state index < -0.39 is 0 Å². The topological polar surface area (TPSA) is 72.0 Å². The Hall–Kier alpha value is -1.58. The number of hydrogen-bond acceptors (Lipinski definition) is 4. The molecule has 0 fully saturated rings. The van der Waals surface area contributed by atoms with Gasteiger partial charge in [-0.25, -0.2) is 4.39 Å². The van der Waals surface area contributed by atoms with Crippen LogP contribution in [0.5, 0.6) is 5.75 Å². The Kier molecular flexibility index (Phi) is 15.5. The monoisotopic (exact) mass is 509 g/mol. The summed E-state index contributed by atoms with van der Waals surface area (Å²) in [4.78, 5) is 15.4. The van der Waals surface area contributed by atoms with Gasteiger partial charge >= 0.3 is 5.97 Å². The number of rotatable bonds is 12. The number of ether oxygens (including phenoxy) is 2. The third-order valence-electron chi connectivity index (χ3n) is 3.85. The molecule has 0 amide bonds. The molecule has 1 unspecified atom stereocenters. The average Bonchev–Trinajstić information content (AvgIpc) is 2.65. The second-order valence-corrected chi connectivity index (χ2v) is 6.21. The maximum absolute atomic E-state index is 13.6. The molecule has 1 rings (SSSR count). The van der Waals surface area contributed by atoms with Gasteiger partial charge in [0.05, 0.1) is 13.2 Å².